The van der Waals surface area contributed by atoms with Crippen molar-refractivity contribution in [3.63, 3.8) is 0 Å². The molecule has 3 heterocycles. The van der Waals surface area contributed by atoms with Crippen LogP contribution < -0.4 is 14.4 Å². The zero-order valence-corrected chi connectivity index (χ0v) is 25.8. The number of hydrogen-bond acceptors (Lipinski definition) is 7. The molecule has 0 N–H and O–H groups in total. The van der Waals surface area contributed by atoms with E-state index in [1.165, 1.54) is 5.56 Å². The lowest BCUT2D eigenvalue weighted by Crippen LogP contribution is -2.23. The number of aromatic nitrogens is 3. The van der Waals surface area contributed by atoms with Gasteiger partial charge >= 0.3 is 5.97 Å². The monoisotopic (exact) mass is 600 g/mol. The number of hydrogen-bond donors (Lipinski definition) is 0. The molecule has 5 aromatic rings. The molecule has 0 unspecified atom stereocenters. The molecule has 8 nitrogen and oxygen atoms in total. The Bertz CT molecular complexity index is 1760. The van der Waals surface area contributed by atoms with Crippen molar-refractivity contribution in [2.45, 2.75) is 32.9 Å². The summed E-state index contributed by atoms with van der Waals surface area (Å²) in [6.45, 7) is 3.27. The fourth-order valence-corrected chi connectivity index (χ4v) is 5.66. The molecule has 0 aliphatic carbocycles. The third-order valence-corrected chi connectivity index (χ3v) is 8.00. The summed E-state index contributed by atoms with van der Waals surface area (Å²) in [4.78, 5) is 25.1. The van der Waals surface area contributed by atoms with Gasteiger partial charge in [0.2, 0.25) is 0 Å². The van der Waals surface area contributed by atoms with Gasteiger partial charge in [0.25, 0.3) is 0 Å². The van der Waals surface area contributed by atoms with Crippen LogP contribution in [0.25, 0.3) is 17.3 Å². The van der Waals surface area contributed by atoms with Crippen molar-refractivity contribution in [3.05, 3.63) is 131 Å². The molecule has 0 spiro atoms. The van der Waals surface area contributed by atoms with Gasteiger partial charge in [0.05, 0.1) is 37.8 Å². The fourth-order valence-electron chi connectivity index (χ4n) is 5.66. The quantitative estimate of drug-likeness (QED) is 0.123. The van der Waals surface area contributed by atoms with Crippen LogP contribution in [0.1, 0.15) is 40.6 Å². The maximum Gasteiger partial charge on any atom is 0.338 e. The van der Waals surface area contributed by atoms with E-state index >= 15 is 0 Å². The molecule has 0 atom stereocenters. The van der Waals surface area contributed by atoms with E-state index in [0.29, 0.717) is 24.2 Å². The van der Waals surface area contributed by atoms with Crippen LogP contribution in [0.3, 0.4) is 0 Å². The lowest BCUT2D eigenvalue weighted by atomic mass is 9.99. The van der Waals surface area contributed by atoms with Crippen molar-refractivity contribution in [2.75, 3.05) is 25.7 Å². The Labute approximate surface area is 263 Å². The number of pyridine rings is 1. The summed E-state index contributed by atoms with van der Waals surface area (Å²) >= 11 is 0. The number of ether oxygens (including phenoxy) is 3. The van der Waals surface area contributed by atoms with Crippen molar-refractivity contribution in [3.8, 4) is 17.2 Å². The number of para-hydroxylation sites is 1. The zero-order chi connectivity index (χ0) is 31.2. The number of esters is 1. The number of anilines is 1. The van der Waals surface area contributed by atoms with E-state index in [2.05, 4.69) is 27.7 Å². The summed E-state index contributed by atoms with van der Waals surface area (Å²) in [5, 5.41) is 0. The standard InChI is InChI=1S/C37H36N4O4/c1-4-45-37(42)32(22-33-35-18-13-28-7-5-6-8-34(28)41(35)25-39-33)29-19-20-38-36(21-29)40(23-26-9-14-30(43-2)15-10-26)24-27-11-16-31(44-3)17-12-27/h5-12,14-17,19-22,25H,4,13,18,23-24H2,1-3H3. The second-order valence-electron chi connectivity index (χ2n) is 10.8. The van der Waals surface area contributed by atoms with Crippen LogP contribution in [0.2, 0.25) is 0 Å². The average Bonchev–Trinajstić information content (AvgIpc) is 3.51. The van der Waals surface area contributed by atoms with Crippen LogP contribution in [-0.4, -0.2) is 41.3 Å². The van der Waals surface area contributed by atoms with Gasteiger partial charge in [0.1, 0.15) is 23.6 Å². The second kappa shape index (κ2) is 13.5. The number of aryl methyl sites for hydroxylation is 1. The van der Waals surface area contributed by atoms with Crippen molar-refractivity contribution in [1.29, 1.82) is 0 Å². The van der Waals surface area contributed by atoms with Crippen LogP contribution in [0.4, 0.5) is 5.82 Å². The van der Waals surface area contributed by atoms with Crippen LogP contribution >= 0.6 is 0 Å². The minimum atomic E-state index is -0.399. The van der Waals surface area contributed by atoms with E-state index < -0.39 is 5.97 Å². The molecular formula is C37H36N4O4. The van der Waals surface area contributed by atoms with Crippen LogP contribution in [0.5, 0.6) is 11.5 Å². The van der Waals surface area contributed by atoms with Crippen LogP contribution in [-0.2, 0) is 35.5 Å². The summed E-state index contributed by atoms with van der Waals surface area (Å²) in [7, 11) is 3.32. The first kappa shape index (κ1) is 29.7. The Hall–Kier alpha value is -5.37. The number of rotatable bonds is 11. The lowest BCUT2D eigenvalue weighted by molar-refractivity contribution is -0.136. The lowest BCUT2D eigenvalue weighted by Gasteiger charge is -2.25. The number of fused-ring (bicyclic) bond motifs is 3. The van der Waals surface area contributed by atoms with E-state index in [9.17, 15) is 4.79 Å². The minimum absolute atomic E-state index is 0.268. The summed E-state index contributed by atoms with van der Waals surface area (Å²) in [6.07, 6.45) is 7.19. The Morgan fingerprint density at radius 2 is 1.53 bits per heavy atom. The Morgan fingerprint density at radius 1 is 0.867 bits per heavy atom. The molecule has 8 heteroatoms. The summed E-state index contributed by atoms with van der Waals surface area (Å²) in [5.74, 6) is 1.93. The highest BCUT2D eigenvalue weighted by molar-refractivity contribution is 6.21. The van der Waals surface area contributed by atoms with Crippen LogP contribution in [0, 0.1) is 0 Å². The second-order valence-corrected chi connectivity index (χ2v) is 10.8. The van der Waals surface area contributed by atoms with Crippen molar-refractivity contribution in [2.24, 2.45) is 0 Å². The van der Waals surface area contributed by atoms with E-state index in [1.807, 2.05) is 86.1 Å². The molecule has 2 aromatic heterocycles. The van der Waals surface area contributed by atoms with Gasteiger partial charge in [-0.1, -0.05) is 42.5 Å². The van der Waals surface area contributed by atoms with Crippen molar-refractivity contribution < 1.29 is 19.0 Å². The average molecular weight is 601 g/mol. The third kappa shape index (κ3) is 6.60. The predicted molar refractivity (Wildman–Crippen MR) is 176 cm³/mol. The topological polar surface area (TPSA) is 78.7 Å². The molecule has 0 saturated heterocycles. The molecule has 0 fully saturated rings. The normalized spacial score (nSPS) is 12.2. The summed E-state index contributed by atoms with van der Waals surface area (Å²) in [5.41, 5.74) is 7.61. The minimum Gasteiger partial charge on any atom is -0.497 e. The maximum absolute atomic E-state index is 13.4. The third-order valence-electron chi connectivity index (χ3n) is 8.00. The first-order valence-electron chi connectivity index (χ1n) is 15.1. The molecule has 1 aliphatic rings. The molecule has 0 radical (unpaired) electrons. The van der Waals surface area contributed by atoms with E-state index in [0.717, 1.165) is 58.4 Å². The Balaban J connectivity index is 1.38. The highest BCUT2D eigenvalue weighted by Gasteiger charge is 2.22. The van der Waals surface area contributed by atoms with Gasteiger partial charge in [-0.25, -0.2) is 14.8 Å². The number of nitrogens with zero attached hydrogens (tertiary/aromatic N) is 4. The van der Waals surface area contributed by atoms with Gasteiger partial charge in [-0.05, 0) is 90.6 Å². The number of benzene rings is 3. The van der Waals surface area contributed by atoms with Gasteiger partial charge < -0.3 is 23.7 Å². The first-order valence-corrected chi connectivity index (χ1v) is 15.1. The zero-order valence-electron chi connectivity index (χ0n) is 25.8. The highest BCUT2D eigenvalue weighted by atomic mass is 16.5. The maximum atomic E-state index is 13.4. The van der Waals surface area contributed by atoms with Crippen LogP contribution in [0.15, 0.2) is 97.5 Å². The first-order chi connectivity index (χ1) is 22.1. The molecule has 6 rings (SSSR count). The van der Waals surface area contributed by atoms with Gasteiger partial charge in [0, 0.05) is 25.0 Å². The molecule has 0 bridgehead atoms. The number of carbonyl (C=O) groups excluding carboxylic acids is 1. The fraction of sp³-hybridized carbons (Fsp3) is 0.216. The number of methoxy groups -OCH3 is 2. The summed E-state index contributed by atoms with van der Waals surface area (Å²) < 4.78 is 18.4. The van der Waals surface area contributed by atoms with Gasteiger partial charge in [-0.3, -0.25) is 0 Å². The van der Waals surface area contributed by atoms with Gasteiger partial charge in [-0.2, -0.15) is 0 Å². The molecule has 0 amide bonds. The molecule has 228 valence electrons. The van der Waals surface area contributed by atoms with Gasteiger partial charge in [-0.15, -0.1) is 0 Å². The number of carbonyl (C=O) groups is 1. The van der Waals surface area contributed by atoms with E-state index in [1.54, 1.807) is 20.4 Å². The molecule has 3 aromatic carbocycles. The van der Waals surface area contributed by atoms with Gasteiger partial charge in [0.15, 0.2) is 0 Å². The smallest absolute Gasteiger partial charge is 0.338 e. The summed E-state index contributed by atoms with van der Waals surface area (Å²) in [6, 6.07) is 28.2. The Kier molecular flexibility index (Phi) is 8.91. The molecule has 1 aliphatic heterocycles. The highest BCUT2D eigenvalue weighted by Crippen LogP contribution is 2.30. The van der Waals surface area contributed by atoms with E-state index in [-0.39, 0.29) is 6.61 Å². The Morgan fingerprint density at radius 3 is 2.18 bits per heavy atom. The molecular weight excluding hydrogens is 564 g/mol. The SMILES string of the molecule is CCOC(=O)C(=Cc1ncn2c1CCc1ccccc1-2)c1ccnc(N(Cc2ccc(OC)cc2)Cc2ccc(OC)cc2)c1. The molecule has 0 saturated carbocycles. The van der Waals surface area contributed by atoms with E-state index in [4.69, 9.17) is 24.2 Å². The number of imidazole rings is 1. The van der Waals surface area contributed by atoms with Crippen molar-refractivity contribution in [1.82, 2.24) is 14.5 Å². The largest absolute Gasteiger partial charge is 0.497 e. The predicted octanol–water partition coefficient (Wildman–Crippen LogP) is 6.69. The van der Waals surface area contributed by atoms with Crippen molar-refractivity contribution >= 4 is 23.4 Å². The molecule has 45 heavy (non-hydrogen) atoms.